The first-order chi connectivity index (χ1) is 15.3. The van der Waals surface area contributed by atoms with Crippen LogP contribution in [0, 0.1) is 27.7 Å². The lowest BCUT2D eigenvalue weighted by atomic mass is 9.66. The Labute approximate surface area is 193 Å². The van der Waals surface area contributed by atoms with Crippen LogP contribution >= 0.6 is 0 Å². The summed E-state index contributed by atoms with van der Waals surface area (Å²) in [7, 11) is 0. The molecule has 1 aliphatic carbocycles. The van der Waals surface area contributed by atoms with E-state index in [9.17, 15) is 0 Å². The van der Waals surface area contributed by atoms with E-state index < -0.39 is 0 Å². The molecule has 0 fully saturated rings. The maximum Gasteiger partial charge on any atom is 0.0468 e. The zero-order valence-corrected chi connectivity index (χ0v) is 19.9. The molecule has 0 heteroatoms. The molecular formula is C32H32. The lowest BCUT2D eigenvalue weighted by Crippen LogP contribution is -2.31. The fraction of sp³-hybridized carbons (Fsp3) is 0.250. The topological polar surface area (TPSA) is 0 Å². The average molecular weight is 417 g/mol. The van der Waals surface area contributed by atoms with E-state index in [-0.39, 0.29) is 10.8 Å². The van der Waals surface area contributed by atoms with Gasteiger partial charge in [-0.1, -0.05) is 115 Å². The van der Waals surface area contributed by atoms with Gasteiger partial charge in [0, 0.05) is 10.8 Å². The number of aryl methyl sites for hydroxylation is 4. The third-order valence-corrected chi connectivity index (χ3v) is 7.51. The monoisotopic (exact) mass is 416 g/mol. The Morgan fingerprint density at radius 1 is 0.562 bits per heavy atom. The highest BCUT2D eigenvalue weighted by Crippen LogP contribution is 2.59. The third-order valence-electron chi connectivity index (χ3n) is 7.51. The second-order valence-electron chi connectivity index (χ2n) is 10.0. The van der Waals surface area contributed by atoms with Crippen LogP contribution in [0.15, 0.2) is 91.0 Å². The molecule has 160 valence electrons. The van der Waals surface area contributed by atoms with Gasteiger partial charge in [0.1, 0.15) is 0 Å². The summed E-state index contributed by atoms with van der Waals surface area (Å²) in [6.45, 7) is 11.4. The van der Waals surface area contributed by atoms with E-state index in [0.29, 0.717) is 0 Å². The van der Waals surface area contributed by atoms with Crippen molar-refractivity contribution in [2.45, 2.75) is 51.9 Å². The fourth-order valence-electron chi connectivity index (χ4n) is 6.35. The molecule has 2 unspecified atom stereocenters. The first-order valence-electron chi connectivity index (χ1n) is 11.7. The smallest absolute Gasteiger partial charge is 0.0468 e. The van der Waals surface area contributed by atoms with Crippen molar-refractivity contribution in [1.29, 1.82) is 0 Å². The fourth-order valence-corrected chi connectivity index (χ4v) is 6.35. The number of benzene rings is 4. The van der Waals surface area contributed by atoms with Crippen molar-refractivity contribution < 1.29 is 0 Å². The third kappa shape index (κ3) is 3.05. The van der Waals surface area contributed by atoms with Gasteiger partial charge >= 0.3 is 0 Å². The van der Waals surface area contributed by atoms with Crippen LogP contribution < -0.4 is 0 Å². The highest BCUT2D eigenvalue weighted by molar-refractivity contribution is 5.65. The number of fused-ring (bicyclic) bond motifs is 1. The van der Waals surface area contributed by atoms with Gasteiger partial charge in [-0.3, -0.25) is 0 Å². The molecule has 1 aliphatic rings. The lowest BCUT2D eigenvalue weighted by molar-refractivity contribution is 0.472. The normalized spacial score (nSPS) is 22.0. The Kier molecular flexibility index (Phi) is 4.86. The van der Waals surface area contributed by atoms with E-state index in [1.807, 2.05) is 0 Å². The van der Waals surface area contributed by atoms with Crippen LogP contribution in [0.5, 0.6) is 0 Å². The van der Waals surface area contributed by atoms with Crippen LogP contribution in [0.4, 0.5) is 0 Å². The highest BCUT2D eigenvalue weighted by Gasteiger charge is 2.53. The molecule has 32 heavy (non-hydrogen) atoms. The van der Waals surface area contributed by atoms with Crippen molar-refractivity contribution in [2.75, 3.05) is 0 Å². The van der Waals surface area contributed by atoms with Gasteiger partial charge in [-0.05, 0) is 67.5 Å². The van der Waals surface area contributed by atoms with Crippen LogP contribution in [0.25, 0.3) is 0 Å². The second kappa shape index (κ2) is 7.48. The van der Waals surface area contributed by atoms with Crippen molar-refractivity contribution in [3.63, 3.8) is 0 Å². The minimum Gasteiger partial charge on any atom is -0.0622 e. The standard InChI is InChI=1S/C32H32/c1-22-16-23(2)19-28(18-22)32(27-14-10-7-11-15-27)21-31(5,26-12-8-6-9-13-26)29-20-24(3)17-25(4)30(29)32/h6-20H,21H2,1-5H3. The SMILES string of the molecule is Cc1cc(C)cc(C2(c3ccccc3)CC(C)(c3ccccc3)c3cc(C)cc(C)c32)c1. The zero-order chi connectivity index (χ0) is 22.5. The number of hydrogen-bond acceptors (Lipinski definition) is 0. The summed E-state index contributed by atoms with van der Waals surface area (Å²) in [6.07, 6.45) is 1.02. The number of rotatable bonds is 3. The number of hydrogen-bond donors (Lipinski definition) is 0. The minimum absolute atomic E-state index is 0.0686. The molecule has 0 spiro atoms. The molecule has 0 saturated carbocycles. The van der Waals surface area contributed by atoms with Crippen molar-refractivity contribution in [1.82, 2.24) is 0 Å². The van der Waals surface area contributed by atoms with Crippen molar-refractivity contribution in [3.8, 4) is 0 Å². The molecule has 0 heterocycles. The predicted octanol–water partition coefficient (Wildman–Crippen LogP) is 7.96. The van der Waals surface area contributed by atoms with E-state index >= 15 is 0 Å². The summed E-state index contributed by atoms with van der Waals surface area (Å²) in [5.74, 6) is 0. The Hall–Kier alpha value is -3.12. The van der Waals surface area contributed by atoms with Gasteiger partial charge in [-0.2, -0.15) is 0 Å². The molecule has 0 amide bonds. The molecule has 0 N–H and O–H groups in total. The first kappa shape index (κ1) is 20.8. The Bertz CT molecular complexity index is 1260. The lowest BCUT2D eigenvalue weighted by Gasteiger charge is -2.36. The molecule has 0 aliphatic heterocycles. The van der Waals surface area contributed by atoms with Crippen LogP contribution in [-0.2, 0) is 10.8 Å². The Morgan fingerprint density at radius 3 is 1.69 bits per heavy atom. The van der Waals surface area contributed by atoms with Gasteiger partial charge in [-0.25, -0.2) is 0 Å². The van der Waals surface area contributed by atoms with Crippen molar-refractivity contribution in [2.24, 2.45) is 0 Å². The quantitative estimate of drug-likeness (QED) is 0.318. The Morgan fingerprint density at radius 2 is 1.09 bits per heavy atom. The van der Waals surface area contributed by atoms with E-state index in [1.54, 1.807) is 0 Å². The minimum atomic E-state index is -0.185. The molecule has 0 nitrogen and oxygen atoms in total. The zero-order valence-electron chi connectivity index (χ0n) is 19.9. The van der Waals surface area contributed by atoms with Crippen LogP contribution in [0.3, 0.4) is 0 Å². The van der Waals surface area contributed by atoms with Crippen LogP contribution in [0.1, 0.15) is 63.4 Å². The molecule has 0 bridgehead atoms. The molecule has 4 aromatic rings. The van der Waals surface area contributed by atoms with Crippen molar-refractivity contribution >= 4 is 0 Å². The molecule has 5 rings (SSSR count). The molecule has 0 aromatic heterocycles. The largest absolute Gasteiger partial charge is 0.0622 e. The summed E-state index contributed by atoms with van der Waals surface area (Å²) in [5.41, 5.74) is 12.3. The molecular weight excluding hydrogens is 384 g/mol. The van der Waals surface area contributed by atoms with Gasteiger partial charge in [0.2, 0.25) is 0 Å². The van der Waals surface area contributed by atoms with Gasteiger partial charge in [0.15, 0.2) is 0 Å². The van der Waals surface area contributed by atoms with E-state index in [2.05, 4.69) is 126 Å². The molecule has 0 radical (unpaired) electrons. The summed E-state index contributed by atoms with van der Waals surface area (Å²) >= 11 is 0. The van der Waals surface area contributed by atoms with E-state index in [0.717, 1.165) is 6.42 Å². The van der Waals surface area contributed by atoms with Gasteiger partial charge in [0.05, 0.1) is 0 Å². The maximum atomic E-state index is 2.45. The predicted molar refractivity (Wildman–Crippen MR) is 136 cm³/mol. The Balaban J connectivity index is 1.93. The molecule has 0 saturated heterocycles. The summed E-state index contributed by atoms with van der Waals surface area (Å²) in [6, 6.07) is 34.2. The van der Waals surface area contributed by atoms with E-state index in [4.69, 9.17) is 0 Å². The van der Waals surface area contributed by atoms with Crippen LogP contribution in [-0.4, -0.2) is 0 Å². The maximum absolute atomic E-state index is 2.45. The first-order valence-corrected chi connectivity index (χ1v) is 11.7. The summed E-state index contributed by atoms with van der Waals surface area (Å²) in [4.78, 5) is 0. The van der Waals surface area contributed by atoms with Gasteiger partial charge < -0.3 is 0 Å². The van der Waals surface area contributed by atoms with Gasteiger partial charge in [-0.15, -0.1) is 0 Å². The second-order valence-corrected chi connectivity index (χ2v) is 10.0. The summed E-state index contributed by atoms with van der Waals surface area (Å²) in [5, 5.41) is 0. The van der Waals surface area contributed by atoms with Gasteiger partial charge in [0.25, 0.3) is 0 Å². The summed E-state index contributed by atoms with van der Waals surface area (Å²) < 4.78 is 0. The highest BCUT2D eigenvalue weighted by atomic mass is 14.5. The molecule has 4 aromatic carbocycles. The van der Waals surface area contributed by atoms with Crippen molar-refractivity contribution in [3.05, 3.63) is 141 Å². The average Bonchev–Trinajstić information content (AvgIpc) is 3.05. The van der Waals surface area contributed by atoms with E-state index in [1.165, 1.54) is 50.1 Å². The molecule has 2 atom stereocenters. The van der Waals surface area contributed by atoms with Crippen LogP contribution in [0.2, 0.25) is 0 Å².